The summed E-state index contributed by atoms with van der Waals surface area (Å²) >= 11 is 0. The minimum atomic E-state index is -0.406. The highest BCUT2D eigenvalue weighted by Gasteiger charge is 2.40. The van der Waals surface area contributed by atoms with Gasteiger partial charge in [-0.3, -0.25) is 19.2 Å². The summed E-state index contributed by atoms with van der Waals surface area (Å²) in [6, 6.07) is 66.3. The van der Waals surface area contributed by atoms with Crippen molar-refractivity contribution < 1.29 is 19.2 Å². The molecule has 0 fully saturated rings. The standard InChI is InChI=1S/C91H98N4O4/c1-56(52-85(2,3)4)57-20-28-61(29-21-57)92(62-30-22-58(23-31-62)89(14,15)53-86(5,6)7)65-36-40-67(41-37-65)94-81(96)73-48-44-69-71-46-50-75-80-76(51-47-72(78(71)80)70-45-49-74(82(94)97)79(73)77(69)70)84(99)95(83(75)98)68-42-38-66(39-43-68)93(63-32-24-59(25-33-63)90(16,17)54-87(8,9)10)64-34-26-60(27-35-64)91(18,19)55-88(11,12)13/h20-51,56H,52-55H2,1-19H3. The Labute approximate surface area is 587 Å². The molecule has 4 amide bonds. The highest BCUT2D eigenvalue weighted by Crippen LogP contribution is 2.50. The molecule has 0 aromatic heterocycles. The summed E-state index contributed by atoms with van der Waals surface area (Å²) in [4.78, 5) is 67.6. The number of amides is 4. The van der Waals surface area contributed by atoms with Gasteiger partial charge in [0.2, 0.25) is 0 Å². The van der Waals surface area contributed by atoms with Gasteiger partial charge in [-0.15, -0.1) is 0 Å². The van der Waals surface area contributed by atoms with Crippen LogP contribution in [0.2, 0.25) is 0 Å². The molecule has 2 aliphatic heterocycles. The fraction of sp³-hybridized carbons (Fsp3) is 0.341. The summed E-state index contributed by atoms with van der Waals surface area (Å²) < 4.78 is 0. The Morgan fingerprint density at radius 1 is 0.283 bits per heavy atom. The fourth-order valence-corrected chi connectivity index (χ4v) is 17.6. The Balaban J connectivity index is 0.812. The molecule has 0 radical (unpaired) electrons. The number of carbonyl (C=O) groups is 4. The number of carbonyl (C=O) groups excluding carboxylic acids is 4. The van der Waals surface area contributed by atoms with E-state index < -0.39 is 23.6 Å². The Bertz CT molecular complexity index is 4780. The van der Waals surface area contributed by atoms with Gasteiger partial charge < -0.3 is 9.80 Å². The Morgan fingerprint density at radius 2 is 0.515 bits per heavy atom. The number of hydrogen-bond donors (Lipinski definition) is 0. The van der Waals surface area contributed by atoms with Crippen LogP contribution in [0.5, 0.6) is 0 Å². The van der Waals surface area contributed by atoms with E-state index in [9.17, 15) is 0 Å². The highest BCUT2D eigenvalue weighted by atomic mass is 16.2. The smallest absolute Gasteiger partial charge is 0.265 e. The predicted octanol–water partition coefficient (Wildman–Crippen LogP) is 25.0. The largest absolute Gasteiger partial charge is 0.311 e. The van der Waals surface area contributed by atoms with Crippen molar-refractivity contribution in [1.82, 2.24) is 0 Å². The SMILES string of the molecule is CC(CC(C)(C)C)c1ccc(N(c2ccc(N3C(=O)c4ccc5c6ccc7c8c(ccc(c9ccc(c4c59)C3=O)c86)C(=O)N(c3ccc(N(c4ccc(C(C)(C)CC(C)(C)C)cc4)c4ccc(C(C)(C)CC(C)(C)C)cc4)cc3)C7=O)cc2)c2ccc(C(C)(C)CC(C)(C)C)cc2)cc1. The summed E-state index contributed by atoms with van der Waals surface area (Å²) in [5, 5.41) is 6.11. The monoisotopic (exact) mass is 1310 g/mol. The average Bonchev–Trinajstić information content (AvgIpc) is 0.690. The van der Waals surface area contributed by atoms with Gasteiger partial charge in [0.05, 0.1) is 11.4 Å². The summed E-state index contributed by atoms with van der Waals surface area (Å²) in [6.07, 6.45) is 4.17. The summed E-state index contributed by atoms with van der Waals surface area (Å²) in [5.74, 6) is -1.24. The zero-order chi connectivity index (χ0) is 71.0. The second kappa shape index (κ2) is 24.2. The van der Waals surface area contributed by atoms with Gasteiger partial charge in [0.15, 0.2) is 0 Å². The molecule has 11 aromatic rings. The second-order valence-electron chi connectivity index (χ2n) is 35.5. The number of rotatable bonds is 16. The summed E-state index contributed by atoms with van der Waals surface area (Å²) in [6.45, 7) is 43.7. The molecule has 0 saturated heterocycles. The molecule has 2 heterocycles. The molecule has 1 unspecified atom stereocenters. The normalized spacial score (nSPS) is 14.6. The molecule has 8 nitrogen and oxygen atoms in total. The molecule has 0 spiro atoms. The number of hydrogen-bond acceptors (Lipinski definition) is 6. The van der Waals surface area contributed by atoms with Crippen LogP contribution in [0.25, 0.3) is 43.1 Å². The van der Waals surface area contributed by atoms with Crippen LogP contribution in [0, 0.1) is 21.7 Å². The van der Waals surface area contributed by atoms with Crippen molar-refractivity contribution in [3.05, 3.63) is 239 Å². The Hall–Kier alpha value is -9.40. The number of nitrogens with zero attached hydrogens (tertiary/aromatic N) is 4. The van der Waals surface area contributed by atoms with Crippen LogP contribution in [0.15, 0.2) is 194 Å². The van der Waals surface area contributed by atoms with Crippen molar-refractivity contribution >= 4 is 112 Å². The first-order chi connectivity index (χ1) is 46.4. The van der Waals surface area contributed by atoms with Crippen LogP contribution in [-0.2, 0) is 16.2 Å². The van der Waals surface area contributed by atoms with Gasteiger partial charge in [-0.1, -0.05) is 204 Å². The third-order valence-corrected chi connectivity index (χ3v) is 20.6. The van der Waals surface area contributed by atoms with Crippen LogP contribution in [0.3, 0.4) is 0 Å². The first-order valence-electron chi connectivity index (χ1n) is 35.6. The molecule has 11 aromatic carbocycles. The van der Waals surface area contributed by atoms with E-state index in [2.05, 4.69) is 238 Å². The van der Waals surface area contributed by atoms with Crippen LogP contribution in [0.1, 0.15) is 227 Å². The number of anilines is 8. The van der Waals surface area contributed by atoms with Crippen LogP contribution in [-0.4, -0.2) is 23.6 Å². The first kappa shape index (κ1) is 68.1. The van der Waals surface area contributed by atoms with Crippen molar-refractivity contribution in [2.75, 3.05) is 19.6 Å². The zero-order valence-corrected chi connectivity index (χ0v) is 61.8. The van der Waals surface area contributed by atoms with E-state index in [0.29, 0.717) is 50.3 Å². The molecule has 1 atom stereocenters. The maximum atomic E-state index is 15.1. The van der Waals surface area contributed by atoms with Gasteiger partial charge >= 0.3 is 0 Å². The molecule has 0 bridgehead atoms. The minimum Gasteiger partial charge on any atom is -0.311 e. The van der Waals surface area contributed by atoms with Crippen LogP contribution in [0.4, 0.5) is 45.5 Å². The molecule has 0 N–H and O–H groups in total. The fourth-order valence-electron chi connectivity index (χ4n) is 17.6. The molecular formula is C91H98N4O4. The summed E-state index contributed by atoms with van der Waals surface area (Å²) in [5.41, 5.74) is 14.1. The van der Waals surface area contributed by atoms with Gasteiger partial charge in [-0.05, 0) is 245 Å². The van der Waals surface area contributed by atoms with Crippen molar-refractivity contribution in [2.24, 2.45) is 21.7 Å². The van der Waals surface area contributed by atoms with Gasteiger partial charge in [-0.25, -0.2) is 9.80 Å². The Kier molecular flexibility index (Phi) is 16.7. The van der Waals surface area contributed by atoms with E-state index in [0.717, 1.165) is 92.1 Å². The van der Waals surface area contributed by atoms with E-state index in [1.54, 1.807) is 0 Å². The van der Waals surface area contributed by atoms with Crippen molar-refractivity contribution in [3.63, 3.8) is 0 Å². The van der Waals surface area contributed by atoms with E-state index in [1.807, 2.05) is 97.1 Å². The van der Waals surface area contributed by atoms with Crippen LogP contribution >= 0.6 is 0 Å². The Morgan fingerprint density at radius 3 is 0.747 bits per heavy atom. The number of imide groups is 2. The molecule has 99 heavy (non-hydrogen) atoms. The van der Waals surface area contributed by atoms with Crippen molar-refractivity contribution in [1.29, 1.82) is 0 Å². The third-order valence-electron chi connectivity index (χ3n) is 20.6. The topological polar surface area (TPSA) is 81.2 Å². The molecule has 13 rings (SSSR count). The quantitative estimate of drug-likeness (QED) is 0.0545. The van der Waals surface area contributed by atoms with Gasteiger partial charge in [0, 0.05) is 67.2 Å². The lowest BCUT2D eigenvalue weighted by Crippen LogP contribution is -2.40. The van der Waals surface area contributed by atoms with E-state index in [4.69, 9.17) is 0 Å². The molecule has 2 aliphatic rings. The maximum absolute atomic E-state index is 15.1. The van der Waals surface area contributed by atoms with Gasteiger partial charge in [0.25, 0.3) is 23.6 Å². The van der Waals surface area contributed by atoms with Gasteiger partial charge in [0.1, 0.15) is 0 Å². The third kappa shape index (κ3) is 12.8. The van der Waals surface area contributed by atoms with Crippen LogP contribution < -0.4 is 19.6 Å². The number of fused-ring (bicyclic) bond motifs is 2. The molecule has 0 saturated carbocycles. The average molecular weight is 1310 g/mol. The summed E-state index contributed by atoms with van der Waals surface area (Å²) in [7, 11) is 0. The first-order valence-corrected chi connectivity index (χ1v) is 35.6. The lowest BCUT2D eigenvalue weighted by Gasteiger charge is -2.34. The van der Waals surface area contributed by atoms with Crippen molar-refractivity contribution in [3.8, 4) is 0 Å². The molecular weight excluding hydrogens is 1210 g/mol. The van der Waals surface area contributed by atoms with E-state index in [-0.39, 0.29) is 37.9 Å². The molecule has 0 aliphatic carbocycles. The van der Waals surface area contributed by atoms with E-state index >= 15 is 19.2 Å². The zero-order valence-electron chi connectivity index (χ0n) is 61.8. The number of benzene rings is 11. The molecule has 506 valence electrons. The molecule has 8 heteroatoms. The lowest BCUT2D eigenvalue weighted by atomic mass is 9.72. The minimum absolute atomic E-state index is 0.0316. The van der Waals surface area contributed by atoms with E-state index in [1.165, 1.54) is 32.1 Å². The predicted molar refractivity (Wildman–Crippen MR) is 416 cm³/mol. The van der Waals surface area contributed by atoms with Gasteiger partial charge in [-0.2, -0.15) is 0 Å². The highest BCUT2D eigenvalue weighted by molar-refractivity contribution is 6.45. The maximum Gasteiger partial charge on any atom is 0.265 e. The lowest BCUT2D eigenvalue weighted by molar-refractivity contribution is 0.0877. The van der Waals surface area contributed by atoms with Crippen molar-refractivity contribution in [2.45, 2.75) is 179 Å². The second-order valence-corrected chi connectivity index (χ2v) is 35.5.